The molecule has 1 aromatic heterocycles. The lowest BCUT2D eigenvalue weighted by Gasteiger charge is -2.30. The standard InChI is InChI=1S/C17H20ClNOS/c1-17(2,3)16-7-6-15(21-16)14-9-12(19)11-8-10(18)4-5-13(11)20-14/h4-8,12,14H,9,19H2,1-3H3/t12-,14?/m0/s1. The summed E-state index contributed by atoms with van der Waals surface area (Å²) in [4.78, 5) is 2.62. The van der Waals surface area contributed by atoms with Gasteiger partial charge in [0, 0.05) is 32.8 Å². The fourth-order valence-corrected chi connectivity index (χ4v) is 3.87. The molecule has 1 aliphatic rings. The average molecular weight is 322 g/mol. The molecule has 0 aliphatic carbocycles. The minimum atomic E-state index is -0.0300. The fraction of sp³-hybridized carbons (Fsp3) is 0.412. The van der Waals surface area contributed by atoms with Crippen molar-refractivity contribution in [2.24, 2.45) is 5.73 Å². The van der Waals surface area contributed by atoms with Gasteiger partial charge in [0.15, 0.2) is 0 Å². The first kappa shape index (κ1) is 14.9. The summed E-state index contributed by atoms with van der Waals surface area (Å²) in [7, 11) is 0. The Kier molecular flexibility index (Phi) is 3.76. The highest BCUT2D eigenvalue weighted by Gasteiger charge is 2.29. The van der Waals surface area contributed by atoms with Crippen molar-refractivity contribution in [3.63, 3.8) is 0 Å². The maximum atomic E-state index is 6.30. The van der Waals surface area contributed by atoms with Crippen molar-refractivity contribution < 1.29 is 4.74 Å². The van der Waals surface area contributed by atoms with Gasteiger partial charge < -0.3 is 10.5 Å². The van der Waals surface area contributed by atoms with Crippen molar-refractivity contribution in [1.29, 1.82) is 0 Å². The highest BCUT2D eigenvalue weighted by molar-refractivity contribution is 7.12. The van der Waals surface area contributed by atoms with Crippen molar-refractivity contribution in [3.05, 3.63) is 50.7 Å². The number of halogens is 1. The maximum absolute atomic E-state index is 6.30. The predicted molar refractivity (Wildman–Crippen MR) is 89.4 cm³/mol. The molecule has 0 fully saturated rings. The smallest absolute Gasteiger partial charge is 0.135 e. The van der Waals surface area contributed by atoms with Crippen molar-refractivity contribution in [2.75, 3.05) is 0 Å². The summed E-state index contributed by atoms with van der Waals surface area (Å²) < 4.78 is 6.14. The van der Waals surface area contributed by atoms with Gasteiger partial charge in [0.05, 0.1) is 0 Å². The van der Waals surface area contributed by atoms with Gasteiger partial charge in [-0.15, -0.1) is 11.3 Å². The second-order valence-electron chi connectivity index (χ2n) is 6.58. The molecule has 4 heteroatoms. The molecule has 0 amide bonds. The van der Waals surface area contributed by atoms with Crippen LogP contribution in [-0.4, -0.2) is 0 Å². The highest BCUT2D eigenvalue weighted by atomic mass is 35.5. The lowest BCUT2D eigenvalue weighted by atomic mass is 9.94. The van der Waals surface area contributed by atoms with Crippen LogP contribution in [0.3, 0.4) is 0 Å². The Bertz CT molecular complexity index is 659. The third kappa shape index (κ3) is 2.96. The summed E-state index contributed by atoms with van der Waals surface area (Å²) in [6, 6.07) is 10.0. The maximum Gasteiger partial charge on any atom is 0.135 e. The number of fused-ring (bicyclic) bond motifs is 1. The van der Waals surface area contributed by atoms with Gasteiger partial charge in [-0.1, -0.05) is 32.4 Å². The highest BCUT2D eigenvalue weighted by Crippen LogP contribution is 2.43. The summed E-state index contributed by atoms with van der Waals surface area (Å²) in [5, 5.41) is 0.706. The van der Waals surface area contributed by atoms with Gasteiger partial charge in [-0.05, 0) is 35.7 Å². The normalized spacial score (nSPS) is 21.8. The number of ether oxygens (including phenoxy) is 1. The lowest BCUT2D eigenvalue weighted by Crippen LogP contribution is -2.23. The molecule has 0 spiro atoms. The number of hydrogen-bond acceptors (Lipinski definition) is 3. The van der Waals surface area contributed by atoms with E-state index in [4.69, 9.17) is 22.1 Å². The zero-order valence-electron chi connectivity index (χ0n) is 12.5. The molecule has 2 N–H and O–H groups in total. The Labute approximate surface area is 134 Å². The van der Waals surface area contributed by atoms with Gasteiger partial charge in [0.1, 0.15) is 11.9 Å². The van der Waals surface area contributed by atoms with Crippen LogP contribution in [-0.2, 0) is 5.41 Å². The first-order valence-electron chi connectivity index (χ1n) is 7.16. The van der Waals surface area contributed by atoms with E-state index < -0.39 is 0 Å². The summed E-state index contributed by atoms with van der Waals surface area (Å²) in [6.45, 7) is 6.69. The molecule has 1 aromatic carbocycles. The topological polar surface area (TPSA) is 35.2 Å². The second-order valence-corrected chi connectivity index (χ2v) is 8.13. The molecule has 2 aromatic rings. The van der Waals surface area contributed by atoms with Crippen LogP contribution < -0.4 is 10.5 Å². The van der Waals surface area contributed by atoms with Crippen LogP contribution >= 0.6 is 22.9 Å². The molecular formula is C17H20ClNOS. The Hall–Kier alpha value is -1.03. The van der Waals surface area contributed by atoms with E-state index in [1.54, 1.807) is 0 Å². The summed E-state index contributed by atoms with van der Waals surface area (Å²) in [6.07, 6.45) is 0.826. The molecule has 112 valence electrons. The van der Waals surface area contributed by atoms with Gasteiger partial charge in [-0.25, -0.2) is 0 Å². The molecule has 3 rings (SSSR count). The first-order chi connectivity index (χ1) is 9.84. The number of hydrogen-bond donors (Lipinski definition) is 1. The van der Waals surface area contributed by atoms with E-state index in [2.05, 4.69) is 32.9 Å². The van der Waals surface area contributed by atoms with Crippen molar-refractivity contribution >= 4 is 22.9 Å². The average Bonchev–Trinajstić information content (AvgIpc) is 2.89. The van der Waals surface area contributed by atoms with E-state index in [1.807, 2.05) is 29.5 Å². The molecule has 2 atom stereocenters. The largest absolute Gasteiger partial charge is 0.484 e. The zero-order valence-corrected chi connectivity index (χ0v) is 14.1. The van der Waals surface area contributed by atoms with Crippen LogP contribution in [0.15, 0.2) is 30.3 Å². The Morgan fingerprint density at radius 2 is 2.00 bits per heavy atom. The second kappa shape index (κ2) is 5.31. The van der Waals surface area contributed by atoms with Gasteiger partial charge in [0.2, 0.25) is 0 Å². The fourth-order valence-electron chi connectivity index (χ4n) is 2.58. The number of rotatable bonds is 1. The van der Waals surface area contributed by atoms with Gasteiger partial charge in [-0.3, -0.25) is 0 Å². The van der Waals surface area contributed by atoms with E-state index >= 15 is 0 Å². The third-order valence-electron chi connectivity index (χ3n) is 3.79. The molecule has 0 bridgehead atoms. The van der Waals surface area contributed by atoms with Crippen LogP contribution in [0.1, 0.15) is 54.7 Å². The Balaban J connectivity index is 1.89. The molecular weight excluding hydrogens is 302 g/mol. The number of thiophene rings is 1. The Morgan fingerprint density at radius 1 is 1.24 bits per heavy atom. The molecule has 2 heterocycles. The van der Waals surface area contributed by atoms with Crippen molar-refractivity contribution in [3.8, 4) is 5.75 Å². The first-order valence-corrected chi connectivity index (χ1v) is 8.36. The van der Waals surface area contributed by atoms with E-state index in [0.717, 1.165) is 17.7 Å². The van der Waals surface area contributed by atoms with Crippen molar-refractivity contribution in [2.45, 2.75) is 44.8 Å². The molecule has 0 saturated carbocycles. The summed E-state index contributed by atoms with van der Waals surface area (Å²) in [5.74, 6) is 0.855. The Morgan fingerprint density at radius 3 is 2.67 bits per heavy atom. The number of benzene rings is 1. The molecule has 0 radical (unpaired) electrons. The predicted octanol–water partition coefficient (Wildman–Crippen LogP) is 5.22. The van der Waals surface area contributed by atoms with Gasteiger partial charge >= 0.3 is 0 Å². The minimum absolute atomic E-state index is 0.0300. The molecule has 1 unspecified atom stereocenters. The lowest BCUT2D eigenvalue weighted by molar-refractivity contribution is 0.165. The van der Waals surface area contributed by atoms with E-state index in [-0.39, 0.29) is 17.6 Å². The van der Waals surface area contributed by atoms with Crippen LogP contribution in [0.25, 0.3) is 0 Å². The monoisotopic (exact) mass is 321 g/mol. The van der Waals surface area contributed by atoms with Gasteiger partial charge in [0.25, 0.3) is 0 Å². The van der Waals surface area contributed by atoms with Crippen LogP contribution in [0, 0.1) is 0 Å². The SMILES string of the molecule is CC(C)(C)c1ccc(C2C[C@H](N)c3cc(Cl)ccc3O2)s1. The molecule has 21 heavy (non-hydrogen) atoms. The minimum Gasteiger partial charge on any atom is -0.484 e. The zero-order chi connectivity index (χ0) is 15.2. The van der Waals surface area contributed by atoms with Gasteiger partial charge in [-0.2, -0.15) is 0 Å². The summed E-state index contributed by atoms with van der Waals surface area (Å²) >= 11 is 7.86. The third-order valence-corrected chi connectivity index (χ3v) is 5.63. The van der Waals surface area contributed by atoms with Crippen LogP contribution in [0.5, 0.6) is 5.75 Å². The van der Waals surface area contributed by atoms with Crippen LogP contribution in [0.4, 0.5) is 0 Å². The molecule has 2 nitrogen and oxygen atoms in total. The molecule has 0 saturated heterocycles. The molecule has 1 aliphatic heterocycles. The van der Waals surface area contributed by atoms with E-state index in [0.29, 0.717) is 5.02 Å². The van der Waals surface area contributed by atoms with Crippen LogP contribution in [0.2, 0.25) is 5.02 Å². The number of nitrogens with two attached hydrogens (primary N) is 1. The summed E-state index contributed by atoms with van der Waals surface area (Å²) in [5.41, 5.74) is 7.48. The van der Waals surface area contributed by atoms with Crippen molar-refractivity contribution in [1.82, 2.24) is 0 Å². The van der Waals surface area contributed by atoms with E-state index in [1.165, 1.54) is 9.75 Å². The quantitative estimate of drug-likeness (QED) is 0.781. The van der Waals surface area contributed by atoms with E-state index in [9.17, 15) is 0 Å².